The van der Waals surface area contributed by atoms with Crippen LogP contribution in [0.3, 0.4) is 0 Å². The molecule has 3 nitrogen and oxygen atoms in total. The van der Waals surface area contributed by atoms with Crippen molar-refractivity contribution in [2.75, 3.05) is 0 Å². The van der Waals surface area contributed by atoms with E-state index in [9.17, 15) is 0 Å². The second kappa shape index (κ2) is 10.5. The Morgan fingerprint density at radius 3 is 1.96 bits per heavy atom. The number of rotatable bonds is 11. The molecule has 0 aliphatic heterocycles. The Labute approximate surface area is 164 Å². The van der Waals surface area contributed by atoms with E-state index < -0.39 is 18.4 Å². The molecule has 0 spiro atoms. The second-order valence-corrected chi connectivity index (χ2v) is 20.8. The normalized spacial score (nSPS) is 11.9. The fourth-order valence-corrected chi connectivity index (χ4v) is 20.3. The molecule has 0 saturated carbocycles. The van der Waals surface area contributed by atoms with Crippen molar-refractivity contribution in [2.24, 2.45) is 0 Å². The van der Waals surface area contributed by atoms with Gasteiger partial charge in [-0.05, 0) is 0 Å². The number of hydrogen-bond acceptors (Lipinski definition) is 2. The monoisotopic (exact) mass is 463 g/mol. The molecule has 0 bridgehead atoms. The average molecular weight is 462 g/mol. The van der Waals surface area contributed by atoms with Crippen LogP contribution >= 0.6 is 0 Å². The number of unbranched alkanes of at least 4 members (excludes halogenated alkanes) is 3. The number of benzene rings is 1. The van der Waals surface area contributed by atoms with E-state index in [1.807, 2.05) is 0 Å². The van der Waals surface area contributed by atoms with Gasteiger partial charge in [0.05, 0.1) is 0 Å². The third-order valence-corrected chi connectivity index (χ3v) is 21.1. The van der Waals surface area contributed by atoms with Crippen LogP contribution in [0.5, 0.6) is 0 Å². The maximum atomic E-state index is 4.86. The topological polar surface area (TPSA) is 30.7 Å². The molecule has 1 heterocycles. The Balaban J connectivity index is 2.45. The molecule has 2 rings (SSSR count). The molecule has 4 heteroatoms. The van der Waals surface area contributed by atoms with Crippen LogP contribution in [0, 0.1) is 13.8 Å². The summed E-state index contributed by atoms with van der Waals surface area (Å²) in [7, 11) is 0. The van der Waals surface area contributed by atoms with Crippen LogP contribution in [-0.2, 0) is 0 Å². The average Bonchev–Trinajstić information content (AvgIpc) is 3.03. The van der Waals surface area contributed by atoms with E-state index >= 15 is 0 Å². The molecule has 0 aliphatic carbocycles. The van der Waals surface area contributed by atoms with Gasteiger partial charge in [-0.3, -0.25) is 0 Å². The zero-order valence-corrected chi connectivity index (χ0v) is 20.4. The summed E-state index contributed by atoms with van der Waals surface area (Å²) in [5.74, 6) is 0. The van der Waals surface area contributed by atoms with Crippen molar-refractivity contribution in [2.45, 2.75) is 86.5 Å². The molecule has 0 N–H and O–H groups in total. The molecule has 2 aromatic rings. The first kappa shape index (κ1) is 21.5. The van der Waals surface area contributed by atoms with E-state index in [1.54, 1.807) is 0 Å². The summed E-state index contributed by atoms with van der Waals surface area (Å²) in [6.07, 6.45) is 7.96. The van der Waals surface area contributed by atoms with Gasteiger partial charge < -0.3 is 0 Å². The maximum absolute atomic E-state index is 4.86. The Morgan fingerprint density at radius 2 is 1.46 bits per heavy atom. The molecule has 0 amide bonds. The van der Waals surface area contributed by atoms with Crippen LogP contribution in [-0.4, -0.2) is 33.4 Å². The third kappa shape index (κ3) is 5.11. The van der Waals surface area contributed by atoms with Crippen LogP contribution in [0.4, 0.5) is 0 Å². The summed E-state index contributed by atoms with van der Waals surface area (Å²) >= 11 is -2.51. The van der Waals surface area contributed by atoms with Crippen molar-refractivity contribution in [3.05, 3.63) is 35.5 Å². The van der Waals surface area contributed by atoms with Crippen molar-refractivity contribution >= 4 is 22.1 Å². The van der Waals surface area contributed by atoms with Crippen molar-refractivity contribution in [3.8, 4) is 5.69 Å². The van der Waals surface area contributed by atoms with Gasteiger partial charge in [0.25, 0.3) is 0 Å². The molecule has 0 atom stereocenters. The van der Waals surface area contributed by atoms with Gasteiger partial charge in [-0.15, -0.1) is 0 Å². The number of aryl methyl sites for hydroxylation is 1. The van der Waals surface area contributed by atoms with Crippen molar-refractivity contribution in [1.29, 1.82) is 0 Å². The zero-order chi connectivity index (χ0) is 19.0. The summed E-state index contributed by atoms with van der Waals surface area (Å²) in [4.78, 5) is 0. The Hall–Kier alpha value is -0.841. The third-order valence-electron chi connectivity index (χ3n) is 5.67. The summed E-state index contributed by atoms with van der Waals surface area (Å²) in [5.41, 5.74) is 3.74. The van der Waals surface area contributed by atoms with E-state index in [0.717, 1.165) is 5.69 Å². The fourth-order valence-electron chi connectivity index (χ4n) is 4.10. The quantitative estimate of drug-likeness (QED) is 0.387. The minimum atomic E-state index is -2.51. The summed E-state index contributed by atoms with van der Waals surface area (Å²) in [6.45, 7) is 11.4. The first-order chi connectivity index (χ1) is 12.6. The molecular weight excluding hydrogens is 425 g/mol. The summed E-state index contributed by atoms with van der Waals surface area (Å²) in [5, 5.41) is 9.50. The first-order valence-corrected chi connectivity index (χ1v) is 18.1. The van der Waals surface area contributed by atoms with Crippen molar-refractivity contribution in [3.63, 3.8) is 0 Å². The van der Waals surface area contributed by atoms with Crippen LogP contribution in [0.1, 0.15) is 70.6 Å². The predicted octanol–water partition coefficient (Wildman–Crippen LogP) is 5.94. The van der Waals surface area contributed by atoms with Gasteiger partial charge in [-0.2, -0.15) is 0 Å². The van der Waals surface area contributed by atoms with Gasteiger partial charge in [-0.1, -0.05) is 0 Å². The minimum absolute atomic E-state index is 1.16. The standard InChI is InChI=1S/C10H10N3.3C4H9.Sn/c1-8-4-3-5-10(6-8)13-9(2)7-11-12-13;3*1-3-4-2;/h3-6H,1-2H3;3*1,3-4H2,2H3;. The van der Waals surface area contributed by atoms with Crippen molar-refractivity contribution in [1.82, 2.24) is 15.0 Å². The molecule has 0 aliphatic rings. The molecule has 0 radical (unpaired) electrons. The molecule has 26 heavy (non-hydrogen) atoms. The molecular formula is C22H37N3Sn. The number of nitrogens with zero attached hydrogens (tertiary/aromatic N) is 3. The van der Waals surface area contributed by atoms with E-state index in [4.69, 9.17) is 5.10 Å². The van der Waals surface area contributed by atoms with Gasteiger partial charge in [0, 0.05) is 0 Å². The van der Waals surface area contributed by atoms with Crippen molar-refractivity contribution < 1.29 is 0 Å². The van der Waals surface area contributed by atoms with E-state index in [2.05, 4.69) is 68.8 Å². The van der Waals surface area contributed by atoms with Gasteiger partial charge in [-0.25, -0.2) is 0 Å². The molecule has 0 saturated heterocycles. The van der Waals surface area contributed by atoms with Crippen LogP contribution in [0.15, 0.2) is 24.3 Å². The molecule has 1 aromatic heterocycles. The Morgan fingerprint density at radius 1 is 0.885 bits per heavy atom. The fraction of sp³-hybridized carbons (Fsp3) is 0.636. The van der Waals surface area contributed by atoms with Crippen LogP contribution in [0.2, 0.25) is 13.3 Å². The van der Waals surface area contributed by atoms with Gasteiger partial charge >= 0.3 is 165 Å². The Kier molecular flexibility index (Phi) is 8.65. The van der Waals surface area contributed by atoms with Gasteiger partial charge in [0.15, 0.2) is 0 Å². The Bertz CT molecular complexity index is 656. The van der Waals surface area contributed by atoms with Crippen LogP contribution < -0.4 is 3.71 Å². The van der Waals surface area contributed by atoms with Crippen LogP contribution in [0.25, 0.3) is 5.69 Å². The molecule has 1 aromatic carbocycles. The predicted molar refractivity (Wildman–Crippen MR) is 115 cm³/mol. The van der Waals surface area contributed by atoms with E-state index in [0.29, 0.717) is 0 Å². The first-order valence-electron chi connectivity index (χ1n) is 10.6. The van der Waals surface area contributed by atoms with E-state index in [-0.39, 0.29) is 0 Å². The SMILES string of the molecule is CCC[CH2][Sn]([CH2]CCC)([CH2]CCC)[c]1nnn(-c2cccc(C)c2)c1C. The summed E-state index contributed by atoms with van der Waals surface area (Å²) < 4.78 is 7.88. The summed E-state index contributed by atoms with van der Waals surface area (Å²) in [6, 6.07) is 8.63. The zero-order valence-electron chi connectivity index (χ0n) is 17.5. The van der Waals surface area contributed by atoms with Gasteiger partial charge in [0.2, 0.25) is 0 Å². The number of aromatic nitrogens is 3. The van der Waals surface area contributed by atoms with E-state index in [1.165, 1.54) is 66.8 Å². The van der Waals surface area contributed by atoms with Gasteiger partial charge in [0.1, 0.15) is 0 Å². The molecule has 144 valence electrons. The second-order valence-electron chi connectivity index (χ2n) is 7.87. The molecule has 0 unspecified atom stereocenters. The molecule has 0 fully saturated rings. The number of hydrogen-bond donors (Lipinski definition) is 0.